The average Bonchev–Trinajstić information content (AvgIpc) is 3.53. The number of ether oxygens (including phenoxy) is 1. The second-order valence-corrected chi connectivity index (χ2v) is 9.87. The van der Waals surface area contributed by atoms with Crippen LogP contribution in [0.5, 0.6) is 5.95 Å². The molecule has 0 unspecified atom stereocenters. The third-order valence-electron chi connectivity index (χ3n) is 5.02. The lowest BCUT2D eigenvalue weighted by Crippen LogP contribution is -2.33. The molecular weight excluding hydrogens is 547 g/mol. The predicted octanol–water partition coefficient (Wildman–Crippen LogP) is -1.14. The van der Waals surface area contributed by atoms with Crippen molar-refractivity contribution in [3.8, 4) is 5.95 Å². The van der Waals surface area contributed by atoms with Gasteiger partial charge in [-0.05, 0) is 18.4 Å². The van der Waals surface area contributed by atoms with Crippen LogP contribution in [0, 0.1) is 5.92 Å². The first kappa shape index (κ1) is 31.9. The number of phosphoric ester groups is 1. The second-order valence-electron chi connectivity index (χ2n) is 8.63. The van der Waals surface area contributed by atoms with E-state index in [1.807, 2.05) is 13.8 Å². The van der Waals surface area contributed by atoms with E-state index in [4.69, 9.17) is 36.2 Å². The Labute approximate surface area is 220 Å². The molecule has 3 aromatic heterocycles. The number of nitrogens with two attached hydrogens (primary N) is 2. The molecule has 1 aliphatic heterocycles. The zero-order chi connectivity index (χ0) is 29.5. The highest BCUT2D eigenvalue weighted by Crippen LogP contribution is 2.38. The predicted molar refractivity (Wildman–Crippen MR) is 132 cm³/mol. The van der Waals surface area contributed by atoms with Crippen LogP contribution in [0.1, 0.15) is 26.5 Å². The first-order chi connectivity index (χ1) is 18.1. The first-order valence-corrected chi connectivity index (χ1v) is 12.8. The Hall–Kier alpha value is -3.35. The topological polar surface area (TPSA) is 303 Å². The number of aromatic nitrogens is 4. The number of nitrogens with one attached hydrogen (secondary N) is 1. The van der Waals surface area contributed by atoms with Gasteiger partial charge in [0.2, 0.25) is 5.95 Å². The minimum Gasteiger partial charge on any atom is -0.481 e. The third kappa shape index (κ3) is 9.41. The van der Waals surface area contributed by atoms with Crippen LogP contribution in [0.25, 0.3) is 11.2 Å². The molecule has 0 spiro atoms. The molecule has 4 rings (SSSR count). The number of carboxylic acids is 1. The number of fused-ring (bicyclic) bond motifs is 1. The molecule has 1 saturated heterocycles. The molecule has 18 nitrogen and oxygen atoms in total. The van der Waals surface area contributed by atoms with Crippen LogP contribution in [0.3, 0.4) is 0 Å². The SMILES string of the molecule is CC(C)C[C@H](N)C(=O)O.Nc1nc2c(ncn2[C@@H]2O[C@H](COP(=O)(O)O)[C@@H](O)[C@H]2O)c(=O)[nH]1.Oc1ccco1. The summed E-state index contributed by atoms with van der Waals surface area (Å²) < 4.78 is 26.0. The summed E-state index contributed by atoms with van der Waals surface area (Å²) in [4.78, 5) is 49.2. The van der Waals surface area contributed by atoms with Gasteiger partial charge in [0.05, 0.1) is 19.2 Å². The van der Waals surface area contributed by atoms with Gasteiger partial charge >= 0.3 is 13.8 Å². The molecule has 0 saturated carbocycles. The van der Waals surface area contributed by atoms with E-state index in [0.29, 0.717) is 12.3 Å². The molecule has 5 atom stereocenters. The fourth-order valence-corrected chi connectivity index (χ4v) is 3.62. The molecule has 0 aliphatic carbocycles. The van der Waals surface area contributed by atoms with Gasteiger partial charge in [-0.15, -0.1) is 0 Å². The maximum atomic E-state index is 11.7. The Balaban J connectivity index is 0.000000291. The summed E-state index contributed by atoms with van der Waals surface area (Å²) in [6.07, 6.45) is -2.25. The van der Waals surface area contributed by atoms with Crippen LogP contribution in [0.2, 0.25) is 0 Å². The van der Waals surface area contributed by atoms with Gasteiger partial charge < -0.3 is 50.8 Å². The van der Waals surface area contributed by atoms with Gasteiger partial charge in [0.1, 0.15) is 24.4 Å². The van der Waals surface area contributed by atoms with Gasteiger partial charge in [0, 0.05) is 6.07 Å². The number of nitrogens with zero attached hydrogens (tertiary/aromatic N) is 3. The number of hydrogen-bond donors (Lipinski definition) is 9. The van der Waals surface area contributed by atoms with Crippen LogP contribution >= 0.6 is 7.82 Å². The number of anilines is 1. The van der Waals surface area contributed by atoms with Gasteiger partial charge in [-0.3, -0.25) is 23.7 Å². The highest BCUT2D eigenvalue weighted by molar-refractivity contribution is 7.46. The molecule has 0 bridgehead atoms. The van der Waals surface area contributed by atoms with Crippen LogP contribution in [0.15, 0.2) is 33.9 Å². The quantitative estimate of drug-likeness (QED) is 0.150. The number of imidazole rings is 1. The molecule has 0 radical (unpaired) electrons. The van der Waals surface area contributed by atoms with Crippen LogP contribution in [0.4, 0.5) is 5.95 Å². The van der Waals surface area contributed by atoms with E-state index in [9.17, 15) is 24.4 Å². The minimum atomic E-state index is -4.76. The third-order valence-corrected chi connectivity index (χ3v) is 5.50. The molecule has 11 N–H and O–H groups in total. The zero-order valence-electron chi connectivity index (χ0n) is 20.8. The Morgan fingerprint density at radius 2 is 1.97 bits per heavy atom. The fraction of sp³-hybridized carbons (Fsp3) is 0.500. The van der Waals surface area contributed by atoms with Crippen LogP contribution in [-0.2, 0) is 18.6 Å². The number of aliphatic hydroxyl groups is 2. The van der Waals surface area contributed by atoms with Crippen molar-refractivity contribution in [2.75, 3.05) is 12.3 Å². The van der Waals surface area contributed by atoms with E-state index < -0.39 is 56.5 Å². The highest BCUT2D eigenvalue weighted by Gasteiger charge is 2.45. The highest BCUT2D eigenvalue weighted by atomic mass is 31.2. The number of carboxylic acid groups (broad SMARTS) is 1. The van der Waals surface area contributed by atoms with Gasteiger partial charge in [-0.1, -0.05) is 13.8 Å². The Kier molecular flexibility index (Phi) is 11.1. The fourth-order valence-electron chi connectivity index (χ4n) is 3.28. The standard InChI is InChI=1S/C10H14N5O8P.C6H13NO2.C4H4O2/c11-10-13-7-4(8(18)14-10)12-2-15(7)9-6(17)5(16)3(23-9)1-22-24(19,20)21;1-4(2)3-5(7)6(8)9;5-4-2-1-3-6-4/h2-3,5-6,9,16-17H,1H2,(H2,19,20,21)(H3,11,13,14,18);4-5H,3,7H2,1-2H3,(H,8,9);1-3,5H/t3-,5-,6-,9-;5-;/m10./s1. The van der Waals surface area contributed by atoms with E-state index >= 15 is 0 Å². The summed E-state index contributed by atoms with van der Waals surface area (Å²) in [6.45, 7) is 3.24. The average molecular weight is 578 g/mol. The normalized spacial score (nSPS) is 21.6. The number of aromatic hydroxyl groups is 1. The van der Waals surface area contributed by atoms with Crippen molar-refractivity contribution in [1.29, 1.82) is 0 Å². The number of H-pyrrole nitrogens is 1. The smallest absolute Gasteiger partial charge is 0.469 e. The lowest BCUT2D eigenvalue weighted by Gasteiger charge is -2.16. The number of furan rings is 1. The van der Waals surface area contributed by atoms with Gasteiger partial charge in [-0.2, -0.15) is 4.98 Å². The molecule has 1 aliphatic rings. The molecule has 218 valence electrons. The van der Waals surface area contributed by atoms with Crippen molar-refractivity contribution < 1.29 is 53.3 Å². The summed E-state index contributed by atoms with van der Waals surface area (Å²) in [5, 5.41) is 36.7. The summed E-state index contributed by atoms with van der Waals surface area (Å²) in [7, 11) is -4.76. The molecule has 4 heterocycles. The molecule has 39 heavy (non-hydrogen) atoms. The molecular formula is C20H31N6O12P. The minimum absolute atomic E-state index is 0.0176. The van der Waals surface area contributed by atoms with E-state index in [-0.39, 0.29) is 23.1 Å². The number of hydrogen-bond acceptors (Lipinski definition) is 13. The molecule has 0 amide bonds. The maximum Gasteiger partial charge on any atom is 0.469 e. The number of nitrogen functional groups attached to an aromatic ring is 1. The number of carbonyl (C=O) groups is 1. The first-order valence-electron chi connectivity index (χ1n) is 11.3. The van der Waals surface area contributed by atoms with E-state index in [1.165, 1.54) is 23.2 Å². The summed E-state index contributed by atoms with van der Waals surface area (Å²) in [6, 6.07) is 2.40. The molecule has 0 aromatic carbocycles. The number of aliphatic hydroxyl groups excluding tert-OH is 2. The van der Waals surface area contributed by atoms with E-state index in [1.54, 1.807) is 6.07 Å². The zero-order valence-corrected chi connectivity index (χ0v) is 21.7. The van der Waals surface area contributed by atoms with Crippen molar-refractivity contribution in [2.24, 2.45) is 11.7 Å². The van der Waals surface area contributed by atoms with Crippen LogP contribution in [-0.4, -0.2) is 86.7 Å². The van der Waals surface area contributed by atoms with Crippen molar-refractivity contribution in [1.82, 2.24) is 19.5 Å². The van der Waals surface area contributed by atoms with Crippen LogP contribution < -0.4 is 17.0 Å². The molecule has 19 heteroatoms. The number of aromatic amines is 1. The van der Waals surface area contributed by atoms with Crippen molar-refractivity contribution in [3.63, 3.8) is 0 Å². The van der Waals surface area contributed by atoms with Gasteiger partial charge in [0.25, 0.3) is 11.5 Å². The molecule has 3 aromatic rings. The summed E-state index contributed by atoms with van der Waals surface area (Å²) in [5.74, 6) is -0.765. The van der Waals surface area contributed by atoms with Crippen molar-refractivity contribution in [3.05, 3.63) is 35.1 Å². The number of aliphatic carboxylic acids is 1. The number of rotatable bonds is 7. The maximum absolute atomic E-state index is 11.7. The number of phosphoric acid groups is 1. The van der Waals surface area contributed by atoms with E-state index in [2.05, 4.69) is 23.9 Å². The Bertz CT molecular complexity index is 1310. The summed E-state index contributed by atoms with van der Waals surface area (Å²) in [5.41, 5.74) is 10.1. The monoisotopic (exact) mass is 578 g/mol. The largest absolute Gasteiger partial charge is 0.481 e. The van der Waals surface area contributed by atoms with Gasteiger partial charge in [-0.25, -0.2) is 9.55 Å². The molecule has 1 fully saturated rings. The van der Waals surface area contributed by atoms with Crippen molar-refractivity contribution >= 4 is 30.9 Å². The van der Waals surface area contributed by atoms with E-state index in [0.717, 1.165) is 0 Å². The van der Waals surface area contributed by atoms with Crippen molar-refractivity contribution in [2.45, 2.75) is 50.8 Å². The Morgan fingerprint density at radius 3 is 2.44 bits per heavy atom. The lowest BCUT2D eigenvalue weighted by atomic mass is 10.1. The summed E-state index contributed by atoms with van der Waals surface area (Å²) >= 11 is 0. The van der Waals surface area contributed by atoms with Gasteiger partial charge in [0.15, 0.2) is 17.4 Å². The lowest BCUT2D eigenvalue weighted by molar-refractivity contribution is -0.138. The Morgan fingerprint density at radius 1 is 1.31 bits per heavy atom. The second kappa shape index (κ2) is 13.6.